The highest BCUT2D eigenvalue weighted by Gasteiger charge is 2.72. The largest absolute Gasteiger partial charge is 0.462 e. The van der Waals surface area contributed by atoms with E-state index >= 15 is 0 Å². The molecule has 6 fully saturated rings. The summed E-state index contributed by atoms with van der Waals surface area (Å²) in [7, 11) is 0. The van der Waals surface area contributed by atoms with Crippen LogP contribution in [-0.2, 0) is 23.8 Å². The highest BCUT2D eigenvalue weighted by molar-refractivity contribution is 5.78. The summed E-state index contributed by atoms with van der Waals surface area (Å²) >= 11 is 0. The maximum Gasteiger partial charge on any atom is 0.312 e. The Morgan fingerprint density at radius 1 is 0.800 bits per heavy atom. The van der Waals surface area contributed by atoms with Crippen LogP contribution in [0.25, 0.3) is 0 Å². The first-order valence-corrected chi connectivity index (χ1v) is 18.0. The van der Waals surface area contributed by atoms with Crippen molar-refractivity contribution in [1.29, 1.82) is 0 Å². The Bertz CT molecular complexity index is 1210. The molecule has 1 saturated heterocycles. The van der Waals surface area contributed by atoms with Crippen molar-refractivity contribution in [2.75, 3.05) is 6.61 Å². The number of hydrogen-bond acceptors (Lipinski definition) is 7. The molecule has 0 radical (unpaired) electrons. The standard InChI is InChI=1S/C38H60O7/c1-21(2)24-12-17-38(33(42)45-26-20-43-22(3)31(40)32(26)41)19-18-36(8)25(30(24)38)10-11-28-35(7)15-14-29(44-23(4)39)34(5,6)27(35)13-16-37(28,36)9/h22,24-32,40-41H,1,10-20H2,2-9H3/t22-,24-,25+,26-,27-,28?,29-,30+,31-,32-,35-,36+,37+,38-/m0/s1. The van der Waals surface area contributed by atoms with Gasteiger partial charge in [-0.2, -0.15) is 0 Å². The molecule has 2 N–H and O–H groups in total. The van der Waals surface area contributed by atoms with Gasteiger partial charge in [0.2, 0.25) is 0 Å². The van der Waals surface area contributed by atoms with E-state index < -0.39 is 29.8 Å². The predicted molar refractivity (Wildman–Crippen MR) is 172 cm³/mol. The highest BCUT2D eigenvalue weighted by atomic mass is 16.6. The maximum absolute atomic E-state index is 14.4. The SMILES string of the molecule is C=C(C)[C@@H]1CC[C@]2(C(=O)O[C@H]3CO[C@@H](C)[C@H](O)[C@H]3O)CC[C@]3(C)[C@H](CCC4[C@@]5(C)CC[C@H](OC(C)=O)C(C)(C)[C@@H]5CC[C@]43C)[C@@H]12. The summed E-state index contributed by atoms with van der Waals surface area (Å²) in [6.07, 6.45) is 6.46. The van der Waals surface area contributed by atoms with E-state index in [1.165, 1.54) is 0 Å². The molecule has 1 heterocycles. The smallest absolute Gasteiger partial charge is 0.312 e. The minimum atomic E-state index is -1.15. The van der Waals surface area contributed by atoms with Gasteiger partial charge in [0.25, 0.3) is 0 Å². The van der Waals surface area contributed by atoms with Gasteiger partial charge in [-0.05, 0) is 124 Å². The molecule has 0 aromatic rings. The van der Waals surface area contributed by atoms with Gasteiger partial charge in [-0.3, -0.25) is 9.59 Å². The van der Waals surface area contributed by atoms with Crippen LogP contribution in [0.2, 0.25) is 0 Å². The van der Waals surface area contributed by atoms with E-state index in [0.717, 1.165) is 69.8 Å². The first-order chi connectivity index (χ1) is 20.9. The first-order valence-electron chi connectivity index (χ1n) is 18.0. The maximum atomic E-state index is 14.4. The van der Waals surface area contributed by atoms with Gasteiger partial charge in [0.05, 0.1) is 18.1 Å². The van der Waals surface area contributed by atoms with Crippen molar-refractivity contribution in [2.24, 2.45) is 56.7 Å². The number of carbonyl (C=O) groups is 2. The number of esters is 2. The Kier molecular flexibility index (Phi) is 8.22. The molecule has 6 rings (SSSR count). The lowest BCUT2D eigenvalue weighted by atomic mass is 9.32. The minimum absolute atomic E-state index is 0.0297. The summed E-state index contributed by atoms with van der Waals surface area (Å²) in [5, 5.41) is 21.3. The molecule has 7 nitrogen and oxygen atoms in total. The van der Waals surface area contributed by atoms with Crippen LogP contribution in [0, 0.1) is 56.7 Å². The molecule has 5 saturated carbocycles. The van der Waals surface area contributed by atoms with Crippen molar-refractivity contribution in [3.8, 4) is 0 Å². The van der Waals surface area contributed by atoms with Gasteiger partial charge < -0.3 is 24.4 Å². The van der Waals surface area contributed by atoms with Gasteiger partial charge in [0, 0.05) is 12.3 Å². The number of aliphatic hydroxyl groups is 2. The van der Waals surface area contributed by atoms with E-state index in [1.54, 1.807) is 13.8 Å². The Balaban J connectivity index is 1.31. The van der Waals surface area contributed by atoms with Gasteiger partial charge in [-0.1, -0.05) is 46.8 Å². The molecular formula is C38H60O7. The average Bonchev–Trinajstić information content (AvgIpc) is 3.36. The van der Waals surface area contributed by atoms with Gasteiger partial charge in [-0.15, -0.1) is 0 Å². The molecule has 45 heavy (non-hydrogen) atoms. The van der Waals surface area contributed by atoms with Crippen LogP contribution >= 0.6 is 0 Å². The topological polar surface area (TPSA) is 102 Å². The Hall–Kier alpha value is -1.44. The second-order valence-electron chi connectivity index (χ2n) is 17.8. The van der Waals surface area contributed by atoms with Crippen molar-refractivity contribution in [1.82, 2.24) is 0 Å². The van der Waals surface area contributed by atoms with Crippen LogP contribution < -0.4 is 0 Å². The molecule has 254 valence electrons. The van der Waals surface area contributed by atoms with E-state index in [-0.39, 0.29) is 58.1 Å². The second kappa shape index (κ2) is 11.1. The summed E-state index contributed by atoms with van der Waals surface area (Å²) in [6, 6.07) is 0. The van der Waals surface area contributed by atoms with Crippen LogP contribution in [0.5, 0.6) is 0 Å². The number of ether oxygens (including phenoxy) is 3. The lowest BCUT2D eigenvalue weighted by Crippen LogP contribution is -2.67. The van der Waals surface area contributed by atoms with Gasteiger partial charge in [-0.25, -0.2) is 0 Å². The molecule has 0 aromatic carbocycles. The van der Waals surface area contributed by atoms with Crippen LogP contribution in [0.15, 0.2) is 12.2 Å². The highest BCUT2D eigenvalue weighted by Crippen LogP contribution is 2.77. The third-order valence-electron chi connectivity index (χ3n) is 15.7. The Morgan fingerprint density at radius 3 is 2.18 bits per heavy atom. The fraction of sp³-hybridized carbons (Fsp3) is 0.895. The summed E-state index contributed by atoms with van der Waals surface area (Å²) in [5.41, 5.74) is 0.878. The van der Waals surface area contributed by atoms with Crippen molar-refractivity contribution >= 4 is 11.9 Å². The molecule has 0 bridgehead atoms. The molecular weight excluding hydrogens is 568 g/mol. The van der Waals surface area contributed by atoms with E-state index in [2.05, 4.69) is 48.1 Å². The number of allylic oxidation sites excluding steroid dienone is 1. The monoisotopic (exact) mass is 628 g/mol. The molecule has 0 aromatic heterocycles. The number of hydrogen-bond donors (Lipinski definition) is 2. The van der Waals surface area contributed by atoms with Crippen molar-refractivity contribution in [2.45, 2.75) is 150 Å². The van der Waals surface area contributed by atoms with Gasteiger partial charge >= 0.3 is 11.9 Å². The van der Waals surface area contributed by atoms with Gasteiger partial charge in [0.15, 0.2) is 6.10 Å². The van der Waals surface area contributed by atoms with Crippen molar-refractivity contribution in [3.63, 3.8) is 0 Å². The third kappa shape index (κ3) is 4.66. The van der Waals surface area contributed by atoms with E-state index in [9.17, 15) is 19.8 Å². The molecule has 1 aliphatic heterocycles. The zero-order valence-corrected chi connectivity index (χ0v) is 29.2. The third-order valence-corrected chi connectivity index (χ3v) is 15.7. The van der Waals surface area contributed by atoms with Crippen LogP contribution in [0.4, 0.5) is 0 Å². The number of carbonyl (C=O) groups excluding carboxylic acids is 2. The molecule has 0 amide bonds. The summed E-state index contributed by atoms with van der Waals surface area (Å²) in [4.78, 5) is 26.4. The fourth-order valence-electron chi connectivity index (χ4n) is 13.2. The van der Waals surface area contributed by atoms with E-state index in [1.807, 2.05) is 0 Å². The number of fused-ring (bicyclic) bond motifs is 7. The normalized spacial score (nSPS) is 52.0. The predicted octanol–water partition coefficient (Wildman–Crippen LogP) is 6.63. The molecule has 7 heteroatoms. The molecule has 6 aliphatic rings. The van der Waals surface area contributed by atoms with E-state index in [0.29, 0.717) is 17.8 Å². The first kappa shape index (κ1) is 33.5. The lowest BCUT2D eigenvalue weighted by molar-refractivity contribution is -0.253. The molecule has 14 atom stereocenters. The summed E-state index contributed by atoms with van der Waals surface area (Å²) in [6.45, 7) is 22.3. The molecule has 5 aliphatic carbocycles. The minimum Gasteiger partial charge on any atom is -0.462 e. The fourth-order valence-corrected chi connectivity index (χ4v) is 13.2. The molecule has 0 spiro atoms. The summed E-state index contributed by atoms with van der Waals surface area (Å²) in [5.74, 6) is 1.50. The quantitative estimate of drug-likeness (QED) is 0.266. The average molecular weight is 629 g/mol. The van der Waals surface area contributed by atoms with Gasteiger partial charge in [0.1, 0.15) is 18.3 Å². The number of aliphatic hydroxyl groups excluding tert-OH is 2. The van der Waals surface area contributed by atoms with Crippen LogP contribution in [0.3, 0.4) is 0 Å². The lowest BCUT2D eigenvalue weighted by Gasteiger charge is -2.72. The molecule has 1 unspecified atom stereocenters. The summed E-state index contributed by atoms with van der Waals surface area (Å²) < 4.78 is 17.7. The zero-order chi connectivity index (χ0) is 32.9. The van der Waals surface area contributed by atoms with Crippen LogP contribution in [0.1, 0.15) is 120 Å². The van der Waals surface area contributed by atoms with E-state index in [4.69, 9.17) is 14.2 Å². The zero-order valence-electron chi connectivity index (χ0n) is 29.2. The Morgan fingerprint density at radius 2 is 1.51 bits per heavy atom. The Labute approximate surface area is 271 Å². The van der Waals surface area contributed by atoms with Crippen molar-refractivity contribution in [3.05, 3.63) is 12.2 Å². The van der Waals surface area contributed by atoms with Crippen LogP contribution in [-0.4, -0.2) is 59.3 Å². The van der Waals surface area contributed by atoms with Crippen molar-refractivity contribution < 1.29 is 34.0 Å². The number of rotatable bonds is 4. The second-order valence-corrected chi connectivity index (χ2v) is 17.8.